The van der Waals surface area contributed by atoms with Gasteiger partial charge in [0.1, 0.15) is 11.6 Å². The number of carbonyl (C=O) groups excluding carboxylic acids is 1. The summed E-state index contributed by atoms with van der Waals surface area (Å²) in [5.41, 5.74) is 4.50. The van der Waals surface area contributed by atoms with E-state index in [1.165, 1.54) is 6.07 Å². The van der Waals surface area contributed by atoms with E-state index >= 15 is 0 Å². The van der Waals surface area contributed by atoms with E-state index in [0.717, 1.165) is 28.1 Å². The maximum atomic E-state index is 14.4. The number of para-hydroxylation sites is 2. The first-order valence-corrected chi connectivity index (χ1v) is 10.2. The first kappa shape index (κ1) is 18.6. The highest BCUT2D eigenvalue weighted by atomic mass is 19.1. The van der Waals surface area contributed by atoms with Gasteiger partial charge in [-0.1, -0.05) is 48.0 Å². The van der Waals surface area contributed by atoms with Crippen molar-refractivity contribution in [3.63, 3.8) is 0 Å². The highest BCUT2D eigenvalue weighted by molar-refractivity contribution is 5.96. The fourth-order valence-corrected chi connectivity index (χ4v) is 4.22. The molecule has 0 unspecified atom stereocenters. The third-order valence-electron chi connectivity index (χ3n) is 5.81. The Hall–Kier alpha value is -3.47. The lowest BCUT2D eigenvalue weighted by Crippen LogP contribution is -2.24. The highest BCUT2D eigenvalue weighted by Gasteiger charge is 2.34. The molecule has 1 amide bonds. The maximum Gasteiger partial charge on any atom is 0.227 e. The van der Waals surface area contributed by atoms with E-state index in [-0.39, 0.29) is 17.6 Å². The Labute approximate surface area is 174 Å². The molecule has 5 rings (SSSR count). The third-order valence-corrected chi connectivity index (χ3v) is 5.81. The van der Waals surface area contributed by atoms with Crippen molar-refractivity contribution in [2.75, 3.05) is 11.4 Å². The van der Waals surface area contributed by atoms with Gasteiger partial charge >= 0.3 is 0 Å². The molecule has 1 fully saturated rings. The lowest BCUT2D eigenvalue weighted by molar-refractivity contribution is -0.117. The summed E-state index contributed by atoms with van der Waals surface area (Å²) in [7, 11) is 0. The molecular formula is C25H22FN3O. The van der Waals surface area contributed by atoms with Gasteiger partial charge in [-0.05, 0) is 37.3 Å². The van der Waals surface area contributed by atoms with Crippen molar-refractivity contribution in [3.05, 3.63) is 95.6 Å². The lowest BCUT2D eigenvalue weighted by Gasteiger charge is -2.18. The minimum absolute atomic E-state index is 0.0435. The van der Waals surface area contributed by atoms with Gasteiger partial charge in [-0.2, -0.15) is 0 Å². The third kappa shape index (κ3) is 3.26. The molecule has 1 saturated heterocycles. The lowest BCUT2D eigenvalue weighted by atomic mass is 10.1. The molecule has 1 aromatic heterocycles. The van der Waals surface area contributed by atoms with E-state index in [2.05, 4.69) is 4.57 Å². The van der Waals surface area contributed by atoms with Gasteiger partial charge in [-0.15, -0.1) is 0 Å². The van der Waals surface area contributed by atoms with Gasteiger partial charge in [-0.3, -0.25) is 4.79 Å². The fraction of sp³-hybridized carbons (Fsp3) is 0.200. The average molecular weight is 399 g/mol. The normalized spacial score (nSPS) is 16.5. The van der Waals surface area contributed by atoms with Gasteiger partial charge in [0, 0.05) is 30.1 Å². The summed E-state index contributed by atoms with van der Waals surface area (Å²) in [5.74, 6) is 0.652. The number of aromatic nitrogens is 2. The number of hydrogen-bond acceptors (Lipinski definition) is 2. The molecule has 5 heteroatoms. The SMILES string of the molecule is Cc1ccc(N2C[C@@H](c3nc4ccccc4n3Cc3ccccc3F)CC2=O)cc1. The molecule has 0 N–H and O–H groups in total. The Morgan fingerprint density at radius 2 is 1.73 bits per heavy atom. The monoisotopic (exact) mass is 399 g/mol. The number of halogens is 1. The van der Waals surface area contributed by atoms with Crippen LogP contribution in [0.25, 0.3) is 11.0 Å². The van der Waals surface area contributed by atoms with Crippen LogP contribution in [-0.2, 0) is 11.3 Å². The van der Waals surface area contributed by atoms with Crippen LogP contribution in [-0.4, -0.2) is 22.0 Å². The smallest absolute Gasteiger partial charge is 0.227 e. The van der Waals surface area contributed by atoms with E-state index < -0.39 is 0 Å². The molecule has 2 heterocycles. The van der Waals surface area contributed by atoms with E-state index in [1.54, 1.807) is 12.1 Å². The topological polar surface area (TPSA) is 38.1 Å². The number of aryl methyl sites for hydroxylation is 1. The molecule has 4 nitrogen and oxygen atoms in total. The molecule has 0 saturated carbocycles. The van der Waals surface area contributed by atoms with Gasteiger partial charge in [0.25, 0.3) is 0 Å². The van der Waals surface area contributed by atoms with E-state index in [9.17, 15) is 9.18 Å². The van der Waals surface area contributed by atoms with Gasteiger partial charge in [0.2, 0.25) is 5.91 Å². The van der Waals surface area contributed by atoms with Gasteiger partial charge in [0.15, 0.2) is 0 Å². The summed E-state index contributed by atoms with van der Waals surface area (Å²) in [6, 6.07) is 22.7. The number of nitrogens with zero attached hydrogens (tertiary/aromatic N) is 3. The highest BCUT2D eigenvalue weighted by Crippen LogP contribution is 2.33. The Morgan fingerprint density at radius 3 is 2.53 bits per heavy atom. The van der Waals surface area contributed by atoms with Crippen LogP contribution in [0.3, 0.4) is 0 Å². The molecule has 0 spiro atoms. The van der Waals surface area contributed by atoms with Crippen molar-refractivity contribution >= 4 is 22.6 Å². The number of hydrogen-bond donors (Lipinski definition) is 0. The number of rotatable bonds is 4. The minimum atomic E-state index is -0.231. The summed E-state index contributed by atoms with van der Waals surface area (Å²) >= 11 is 0. The Balaban J connectivity index is 1.53. The average Bonchev–Trinajstić information content (AvgIpc) is 3.31. The van der Waals surface area contributed by atoms with Crippen LogP contribution in [0.4, 0.5) is 10.1 Å². The van der Waals surface area contributed by atoms with Crippen LogP contribution < -0.4 is 4.90 Å². The Kier molecular flexibility index (Phi) is 4.58. The summed E-state index contributed by atoms with van der Waals surface area (Å²) in [6.45, 7) is 2.99. The molecule has 1 aliphatic rings. The van der Waals surface area contributed by atoms with Crippen molar-refractivity contribution in [2.45, 2.75) is 25.8 Å². The number of anilines is 1. The number of amides is 1. The summed E-state index contributed by atoms with van der Waals surface area (Å²) in [5, 5.41) is 0. The Bertz CT molecular complexity index is 1230. The van der Waals surface area contributed by atoms with Crippen molar-refractivity contribution in [1.82, 2.24) is 9.55 Å². The second kappa shape index (κ2) is 7.41. The van der Waals surface area contributed by atoms with E-state index in [0.29, 0.717) is 25.1 Å². The second-order valence-electron chi connectivity index (χ2n) is 7.88. The van der Waals surface area contributed by atoms with Crippen LogP contribution in [0, 0.1) is 12.7 Å². The standard InChI is InChI=1S/C25H22FN3O/c1-17-10-12-20(13-11-17)28-16-19(14-24(28)30)25-27-22-8-4-5-9-23(22)29(25)15-18-6-2-3-7-21(18)26/h2-13,19H,14-16H2,1H3/t19-/m0/s1. The van der Waals surface area contributed by atoms with Crippen LogP contribution >= 0.6 is 0 Å². The molecule has 1 atom stereocenters. The zero-order chi connectivity index (χ0) is 20.7. The molecule has 150 valence electrons. The van der Waals surface area contributed by atoms with Crippen LogP contribution in [0.2, 0.25) is 0 Å². The first-order valence-electron chi connectivity index (χ1n) is 10.2. The summed E-state index contributed by atoms with van der Waals surface area (Å²) in [6.07, 6.45) is 0.397. The van der Waals surface area contributed by atoms with Crippen molar-refractivity contribution < 1.29 is 9.18 Å². The number of fused-ring (bicyclic) bond motifs is 1. The Morgan fingerprint density at radius 1 is 1.00 bits per heavy atom. The first-order chi connectivity index (χ1) is 14.6. The number of benzene rings is 3. The zero-order valence-electron chi connectivity index (χ0n) is 16.8. The van der Waals surface area contributed by atoms with E-state index in [4.69, 9.17) is 4.98 Å². The fourth-order valence-electron chi connectivity index (χ4n) is 4.22. The largest absolute Gasteiger partial charge is 0.323 e. The minimum Gasteiger partial charge on any atom is -0.323 e. The molecular weight excluding hydrogens is 377 g/mol. The molecule has 0 radical (unpaired) electrons. The second-order valence-corrected chi connectivity index (χ2v) is 7.88. The quantitative estimate of drug-likeness (QED) is 0.481. The van der Waals surface area contributed by atoms with Crippen LogP contribution in [0.5, 0.6) is 0 Å². The molecule has 1 aliphatic heterocycles. The van der Waals surface area contributed by atoms with Crippen LogP contribution in [0.15, 0.2) is 72.8 Å². The van der Waals surface area contributed by atoms with Gasteiger partial charge in [0.05, 0.1) is 17.6 Å². The van der Waals surface area contributed by atoms with Crippen molar-refractivity contribution in [3.8, 4) is 0 Å². The molecule has 4 aromatic rings. The molecule has 3 aromatic carbocycles. The van der Waals surface area contributed by atoms with Crippen LogP contribution in [0.1, 0.15) is 29.3 Å². The number of carbonyl (C=O) groups is 1. The predicted molar refractivity (Wildman–Crippen MR) is 116 cm³/mol. The molecule has 0 aliphatic carbocycles. The number of imidazole rings is 1. The summed E-state index contributed by atoms with van der Waals surface area (Å²) in [4.78, 5) is 19.5. The van der Waals surface area contributed by atoms with Crippen molar-refractivity contribution in [1.29, 1.82) is 0 Å². The predicted octanol–water partition coefficient (Wildman–Crippen LogP) is 5.05. The maximum absolute atomic E-state index is 14.4. The van der Waals surface area contributed by atoms with E-state index in [1.807, 2.05) is 66.4 Å². The van der Waals surface area contributed by atoms with Gasteiger partial charge in [-0.25, -0.2) is 9.37 Å². The molecule has 0 bridgehead atoms. The van der Waals surface area contributed by atoms with Crippen molar-refractivity contribution in [2.24, 2.45) is 0 Å². The molecule has 30 heavy (non-hydrogen) atoms. The summed E-state index contributed by atoms with van der Waals surface area (Å²) < 4.78 is 16.4. The van der Waals surface area contributed by atoms with Gasteiger partial charge < -0.3 is 9.47 Å². The zero-order valence-corrected chi connectivity index (χ0v) is 16.8.